The molecule has 1 aliphatic rings. The van der Waals surface area contributed by atoms with E-state index < -0.39 is 5.82 Å². The van der Waals surface area contributed by atoms with Crippen molar-refractivity contribution in [1.82, 2.24) is 19.9 Å². The van der Waals surface area contributed by atoms with E-state index in [9.17, 15) is 9.18 Å². The van der Waals surface area contributed by atoms with E-state index in [4.69, 9.17) is 26.3 Å². The first-order valence-electron chi connectivity index (χ1n) is 10.6. The number of fused-ring (bicyclic) bond motifs is 1. The number of nitrogens with one attached hydrogen (secondary N) is 2. The summed E-state index contributed by atoms with van der Waals surface area (Å²) < 4.78 is 19.1. The average molecular weight is 466 g/mol. The van der Waals surface area contributed by atoms with Crippen molar-refractivity contribution in [3.63, 3.8) is 0 Å². The van der Waals surface area contributed by atoms with Gasteiger partial charge in [-0.25, -0.2) is 14.4 Å². The second-order valence-electron chi connectivity index (χ2n) is 7.83. The van der Waals surface area contributed by atoms with E-state index in [0.29, 0.717) is 22.9 Å². The summed E-state index contributed by atoms with van der Waals surface area (Å²) in [6, 6.07) is 13.6. The third kappa shape index (κ3) is 4.88. The van der Waals surface area contributed by atoms with Crippen molar-refractivity contribution >= 4 is 34.0 Å². The van der Waals surface area contributed by atoms with Gasteiger partial charge in [0.25, 0.3) is 0 Å². The Morgan fingerprint density at radius 3 is 2.70 bits per heavy atom. The monoisotopic (exact) mass is 465 g/mol. The molecular formula is C24H21ClFN5O2. The van der Waals surface area contributed by atoms with Crippen molar-refractivity contribution in [1.29, 1.82) is 0 Å². The van der Waals surface area contributed by atoms with E-state index in [2.05, 4.69) is 27.3 Å². The molecule has 0 atom stereocenters. The maximum atomic E-state index is 13.7. The maximum absolute atomic E-state index is 13.7. The van der Waals surface area contributed by atoms with Gasteiger partial charge in [-0.3, -0.25) is 9.69 Å². The van der Waals surface area contributed by atoms with Gasteiger partial charge in [-0.05, 0) is 42.0 Å². The van der Waals surface area contributed by atoms with Crippen LogP contribution in [0, 0.1) is 5.82 Å². The number of H-pyrrole nitrogens is 1. The standard InChI is InChI=1S/C24H21ClFN5O2/c25-19-12-17(3-4-20(19)26)28-24-18-11-15(14-31-7-9-33-10-8-31)1-5-21(18)29-23(30-24)16-2-6-22(32)27-13-16/h1-6,11-13H,7-10,14H2,(H,27,32)(H,28,29,30). The number of morpholine rings is 1. The molecule has 0 spiro atoms. The highest BCUT2D eigenvalue weighted by molar-refractivity contribution is 6.31. The normalized spacial score (nSPS) is 14.5. The van der Waals surface area contributed by atoms with Crippen LogP contribution in [0.3, 0.4) is 0 Å². The maximum Gasteiger partial charge on any atom is 0.247 e. The summed E-state index contributed by atoms with van der Waals surface area (Å²) in [5, 5.41) is 4.11. The molecule has 5 rings (SSSR count). The topological polar surface area (TPSA) is 83.1 Å². The Bertz CT molecular complexity index is 1350. The van der Waals surface area contributed by atoms with E-state index in [1.54, 1.807) is 18.3 Å². The summed E-state index contributed by atoms with van der Waals surface area (Å²) >= 11 is 5.98. The number of halogens is 2. The smallest absolute Gasteiger partial charge is 0.247 e. The highest BCUT2D eigenvalue weighted by Gasteiger charge is 2.15. The SMILES string of the molecule is O=c1ccc(-c2nc(Nc3ccc(F)c(Cl)c3)c3cc(CN4CCOCC4)ccc3n2)c[nH]1. The lowest BCUT2D eigenvalue weighted by molar-refractivity contribution is 0.0342. The number of nitrogens with zero attached hydrogens (tertiary/aromatic N) is 3. The highest BCUT2D eigenvalue weighted by Crippen LogP contribution is 2.29. The van der Waals surface area contributed by atoms with Crippen LogP contribution in [0.5, 0.6) is 0 Å². The van der Waals surface area contributed by atoms with Crippen molar-refractivity contribution in [3.05, 3.63) is 81.5 Å². The number of aromatic amines is 1. The lowest BCUT2D eigenvalue weighted by Crippen LogP contribution is -2.35. The Hall–Kier alpha value is -3.33. The van der Waals surface area contributed by atoms with Crippen molar-refractivity contribution < 1.29 is 9.13 Å². The van der Waals surface area contributed by atoms with Gasteiger partial charge in [-0.15, -0.1) is 0 Å². The Labute approximate surface area is 194 Å². The van der Waals surface area contributed by atoms with Gasteiger partial charge in [-0.1, -0.05) is 17.7 Å². The van der Waals surface area contributed by atoms with Crippen LogP contribution in [-0.2, 0) is 11.3 Å². The summed E-state index contributed by atoms with van der Waals surface area (Å²) in [7, 11) is 0. The van der Waals surface area contributed by atoms with E-state index in [1.165, 1.54) is 18.2 Å². The molecule has 0 aliphatic carbocycles. The van der Waals surface area contributed by atoms with Crippen LogP contribution in [0.15, 0.2) is 59.5 Å². The summed E-state index contributed by atoms with van der Waals surface area (Å²) in [6.45, 7) is 4.04. The number of benzene rings is 2. The summed E-state index contributed by atoms with van der Waals surface area (Å²) in [6.07, 6.45) is 1.58. The molecule has 9 heteroatoms. The lowest BCUT2D eigenvalue weighted by Gasteiger charge is -2.26. The van der Waals surface area contributed by atoms with Crippen molar-refractivity contribution in [2.75, 3.05) is 31.6 Å². The fourth-order valence-corrected chi connectivity index (χ4v) is 3.96. The Kier molecular flexibility index (Phi) is 6.04. The number of pyridine rings is 1. The zero-order valence-corrected chi connectivity index (χ0v) is 18.4. The fourth-order valence-electron chi connectivity index (χ4n) is 3.78. The van der Waals surface area contributed by atoms with E-state index in [1.807, 2.05) is 6.07 Å². The summed E-state index contributed by atoms with van der Waals surface area (Å²) in [4.78, 5) is 25.9. The van der Waals surface area contributed by atoms with Crippen LogP contribution < -0.4 is 10.9 Å². The zero-order valence-electron chi connectivity index (χ0n) is 17.6. The average Bonchev–Trinajstić information content (AvgIpc) is 2.83. The molecule has 0 radical (unpaired) electrons. The minimum absolute atomic E-state index is 0.0206. The second kappa shape index (κ2) is 9.27. The molecule has 1 fully saturated rings. The minimum Gasteiger partial charge on any atom is -0.379 e. The first-order chi connectivity index (χ1) is 16.0. The van der Waals surface area contributed by atoms with Gasteiger partial charge in [0.2, 0.25) is 5.56 Å². The molecule has 168 valence electrons. The lowest BCUT2D eigenvalue weighted by atomic mass is 10.1. The van der Waals surface area contributed by atoms with Gasteiger partial charge in [0.05, 0.1) is 23.8 Å². The largest absolute Gasteiger partial charge is 0.379 e. The molecule has 2 N–H and O–H groups in total. The Balaban J connectivity index is 1.57. The van der Waals surface area contributed by atoms with Gasteiger partial charge >= 0.3 is 0 Å². The molecule has 0 amide bonds. The Morgan fingerprint density at radius 2 is 1.94 bits per heavy atom. The van der Waals surface area contributed by atoms with Crippen molar-refractivity contribution in [2.24, 2.45) is 0 Å². The summed E-state index contributed by atoms with van der Waals surface area (Å²) in [5.74, 6) is 0.527. The van der Waals surface area contributed by atoms with Crippen molar-refractivity contribution in [2.45, 2.75) is 6.54 Å². The molecule has 0 unspecified atom stereocenters. The first kappa shape index (κ1) is 21.5. The molecule has 3 heterocycles. The van der Waals surface area contributed by atoms with Gasteiger partial charge in [0.1, 0.15) is 11.6 Å². The fraction of sp³-hybridized carbons (Fsp3) is 0.208. The number of anilines is 2. The highest BCUT2D eigenvalue weighted by atomic mass is 35.5. The van der Waals surface area contributed by atoms with Gasteiger partial charge < -0.3 is 15.0 Å². The molecule has 1 aliphatic heterocycles. The Morgan fingerprint density at radius 1 is 1.09 bits per heavy atom. The van der Waals surface area contributed by atoms with Gasteiger partial charge in [0, 0.05) is 48.5 Å². The molecule has 33 heavy (non-hydrogen) atoms. The van der Waals surface area contributed by atoms with Gasteiger partial charge in [0.15, 0.2) is 5.82 Å². The van der Waals surface area contributed by atoms with Crippen LogP contribution in [-0.4, -0.2) is 46.2 Å². The molecule has 0 saturated carbocycles. The third-order valence-corrected chi connectivity index (χ3v) is 5.78. The first-order valence-corrected chi connectivity index (χ1v) is 10.9. The molecule has 2 aromatic carbocycles. The second-order valence-corrected chi connectivity index (χ2v) is 8.24. The number of ether oxygens (including phenoxy) is 1. The zero-order chi connectivity index (χ0) is 22.8. The van der Waals surface area contributed by atoms with Gasteiger partial charge in [-0.2, -0.15) is 0 Å². The van der Waals surface area contributed by atoms with Crippen LogP contribution in [0.1, 0.15) is 5.56 Å². The van der Waals surface area contributed by atoms with Crippen LogP contribution in [0.25, 0.3) is 22.3 Å². The van der Waals surface area contributed by atoms with E-state index in [-0.39, 0.29) is 10.6 Å². The number of hydrogen-bond donors (Lipinski definition) is 2. The molecule has 4 aromatic rings. The molecule has 2 aromatic heterocycles. The summed E-state index contributed by atoms with van der Waals surface area (Å²) in [5.41, 5.74) is 2.95. The van der Waals surface area contributed by atoms with Crippen LogP contribution >= 0.6 is 11.6 Å². The minimum atomic E-state index is -0.489. The van der Waals surface area contributed by atoms with Crippen LogP contribution in [0.2, 0.25) is 5.02 Å². The predicted octanol–water partition coefficient (Wildman–Crippen LogP) is 4.35. The molecular weight excluding hydrogens is 445 g/mol. The number of aromatic nitrogens is 3. The third-order valence-electron chi connectivity index (χ3n) is 5.49. The predicted molar refractivity (Wildman–Crippen MR) is 126 cm³/mol. The van der Waals surface area contributed by atoms with Crippen molar-refractivity contribution in [3.8, 4) is 11.4 Å². The number of hydrogen-bond acceptors (Lipinski definition) is 6. The molecule has 0 bridgehead atoms. The quantitative estimate of drug-likeness (QED) is 0.456. The molecule has 7 nitrogen and oxygen atoms in total. The van der Waals surface area contributed by atoms with E-state index in [0.717, 1.165) is 49.3 Å². The molecule has 1 saturated heterocycles. The van der Waals surface area contributed by atoms with Crippen LogP contribution in [0.4, 0.5) is 15.9 Å². The number of rotatable bonds is 5. The van der Waals surface area contributed by atoms with E-state index >= 15 is 0 Å².